The minimum atomic E-state index is 0.537. The van der Waals surface area contributed by atoms with Crippen LogP contribution in [0.2, 0.25) is 0 Å². The van der Waals surface area contributed by atoms with E-state index in [4.69, 9.17) is 11.6 Å². The normalized spacial score (nSPS) is 22.5. The van der Waals surface area contributed by atoms with Crippen LogP contribution in [0.3, 0.4) is 0 Å². The summed E-state index contributed by atoms with van der Waals surface area (Å²) in [5.74, 6) is 1.31. The minimum absolute atomic E-state index is 0.537. The zero-order valence-electron chi connectivity index (χ0n) is 9.43. The van der Waals surface area contributed by atoms with Gasteiger partial charge in [0.2, 0.25) is 0 Å². The zero-order valence-corrected chi connectivity index (χ0v) is 10.2. The van der Waals surface area contributed by atoms with Gasteiger partial charge in [-0.25, -0.2) is 0 Å². The molecule has 1 fully saturated rings. The van der Waals surface area contributed by atoms with Crippen molar-refractivity contribution in [2.24, 2.45) is 5.92 Å². The number of nitrogens with one attached hydrogen (secondary N) is 1. The van der Waals surface area contributed by atoms with E-state index < -0.39 is 0 Å². The Morgan fingerprint density at radius 2 is 1.93 bits per heavy atom. The van der Waals surface area contributed by atoms with Crippen LogP contribution in [0.4, 0.5) is 0 Å². The Labute approximate surface area is 93.0 Å². The van der Waals surface area contributed by atoms with Gasteiger partial charge in [-0.2, -0.15) is 0 Å². The molecule has 1 rings (SSSR count). The van der Waals surface area contributed by atoms with Gasteiger partial charge in [-0.15, -0.1) is 11.6 Å². The molecule has 2 unspecified atom stereocenters. The van der Waals surface area contributed by atoms with Gasteiger partial charge in [0.15, 0.2) is 0 Å². The van der Waals surface area contributed by atoms with Gasteiger partial charge >= 0.3 is 0 Å². The van der Waals surface area contributed by atoms with Crippen LogP contribution in [0, 0.1) is 5.92 Å². The number of rotatable bonds is 6. The molecule has 0 bridgehead atoms. The molecule has 0 amide bonds. The van der Waals surface area contributed by atoms with Crippen molar-refractivity contribution < 1.29 is 0 Å². The van der Waals surface area contributed by atoms with Gasteiger partial charge in [-0.3, -0.25) is 0 Å². The number of halogens is 1. The Kier molecular flexibility index (Phi) is 5.83. The lowest BCUT2D eigenvalue weighted by atomic mass is 10.1. The second-order valence-electron chi connectivity index (χ2n) is 4.42. The van der Waals surface area contributed by atoms with E-state index in [1.165, 1.54) is 32.5 Å². The Hall–Kier alpha value is 0.210. The summed E-state index contributed by atoms with van der Waals surface area (Å²) >= 11 is 5.80. The largest absolute Gasteiger partial charge is 0.313 e. The van der Waals surface area contributed by atoms with E-state index in [-0.39, 0.29) is 0 Å². The maximum Gasteiger partial charge on any atom is 0.0263 e. The second kappa shape index (κ2) is 6.65. The van der Waals surface area contributed by atoms with Crippen molar-refractivity contribution in [3.8, 4) is 0 Å². The molecule has 0 aromatic carbocycles. The fraction of sp³-hybridized carbons (Fsp3) is 1.00. The van der Waals surface area contributed by atoms with Gasteiger partial charge in [-0.05, 0) is 38.8 Å². The fourth-order valence-corrected chi connectivity index (χ4v) is 2.06. The summed E-state index contributed by atoms with van der Waals surface area (Å²) in [6, 6.07) is 0.537. The standard InChI is InChI=1S/C11H23ClN2/c1-10(9-12)11(2)13-5-8-14-6-3-4-7-14/h10-11,13H,3-9H2,1-2H3. The summed E-state index contributed by atoms with van der Waals surface area (Å²) in [5, 5.41) is 3.53. The van der Waals surface area contributed by atoms with Crippen molar-refractivity contribution in [3.05, 3.63) is 0 Å². The van der Waals surface area contributed by atoms with Crippen molar-refractivity contribution in [2.75, 3.05) is 32.1 Å². The van der Waals surface area contributed by atoms with Gasteiger partial charge < -0.3 is 10.2 Å². The smallest absolute Gasteiger partial charge is 0.0263 e. The molecule has 2 atom stereocenters. The van der Waals surface area contributed by atoms with E-state index in [0.717, 1.165) is 12.4 Å². The summed E-state index contributed by atoms with van der Waals surface area (Å²) < 4.78 is 0. The molecule has 0 aromatic heterocycles. The van der Waals surface area contributed by atoms with Gasteiger partial charge in [0.1, 0.15) is 0 Å². The van der Waals surface area contributed by atoms with E-state index in [0.29, 0.717) is 12.0 Å². The van der Waals surface area contributed by atoms with Gasteiger partial charge in [0.25, 0.3) is 0 Å². The number of hydrogen-bond acceptors (Lipinski definition) is 2. The lowest BCUT2D eigenvalue weighted by molar-refractivity contribution is 0.318. The van der Waals surface area contributed by atoms with Gasteiger partial charge in [0, 0.05) is 25.0 Å². The predicted molar refractivity (Wildman–Crippen MR) is 63.0 cm³/mol. The van der Waals surface area contributed by atoms with Crippen LogP contribution >= 0.6 is 11.6 Å². The number of alkyl halides is 1. The third-order valence-corrected chi connectivity index (χ3v) is 3.68. The van der Waals surface area contributed by atoms with Crippen molar-refractivity contribution in [1.82, 2.24) is 10.2 Å². The summed E-state index contributed by atoms with van der Waals surface area (Å²) in [6.07, 6.45) is 2.77. The molecule has 0 radical (unpaired) electrons. The Balaban J connectivity index is 2.02. The molecule has 0 aliphatic carbocycles. The summed E-state index contributed by atoms with van der Waals surface area (Å²) in [4.78, 5) is 2.53. The molecular weight excluding hydrogens is 196 g/mol. The molecule has 1 aliphatic heterocycles. The van der Waals surface area contributed by atoms with Crippen LogP contribution in [0.5, 0.6) is 0 Å². The van der Waals surface area contributed by atoms with E-state index in [1.807, 2.05) is 0 Å². The third-order valence-electron chi connectivity index (χ3n) is 3.19. The van der Waals surface area contributed by atoms with E-state index in [1.54, 1.807) is 0 Å². The molecule has 1 saturated heterocycles. The third kappa shape index (κ3) is 4.16. The SMILES string of the molecule is CC(CCl)C(C)NCCN1CCCC1. The first kappa shape index (κ1) is 12.3. The van der Waals surface area contributed by atoms with Crippen molar-refractivity contribution in [3.63, 3.8) is 0 Å². The highest BCUT2D eigenvalue weighted by Crippen LogP contribution is 2.07. The average molecular weight is 219 g/mol. The molecule has 14 heavy (non-hydrogen) atoms. The molecule has 0 spiro atoms. The maximum absolute atomic E-state index is 5.80. The molecule has 1 heterocycles. The topological polar surface area (TPSA) is 15.3 Å². The molecule has 3 heteroatoms. The molecule has 1 aliphatic rings. The molecule has 0 aromatic rings. The summed E-state index contributed by atoms with van der Waals surface area (Å²) in [6.45, 7) is 9.29. The molecular formula is C11H23ClN2. The minimum Gasteiger partial charge on any atom is -0.313 e. The van der Waals surface area contributed by atoms with Gasteiger partial charge in [-0.1, -0.05) is 6.92 Å². The van der Waals surface area contributed by atoms with Crippen molar-refractivity contribution >= 4 is 11.6 Å². The average Bonchev–Trinajstić information content (AvgIpc) is 2.69. The highest BCUT2D eigenvalue weighted by Gasteiger charge is 2.13. The quantitative estimate of drug-likeness (QED) is 0.686. The Morgan fingerprint density at radius 1 is 1.29 bits per heavy atom. The van der Waals surface area contributed by atoms with Crippen LogP contribution in [-0.2, 0) is 0 Å². The molecule has 1 N–H and O–H groups in total. The first-order valence-electron chi connectivity index (χ1n) is 5.75. The number of hydrogen-bond donors (Lipinski definition) is 1. The van der Waals surface area contributed by atoms with Crippen molar-refractivity contribution in [1.29, 1.82) is 0 Å². The predicted octanol–water partition coefficient (Wildman–Crippen LogP) is 1.94. The van der Waals surface area contributed by atoms with E-state index in [2.05, 4.69) is 24.1 Å². The van der Waals surface area contributed by atoms with Crippen LogP contribution < -0.4 is 5.32 Å². The molecule has 2 nitrogen and oxygen atoms in total. The molecule has 0 saturated carbocycles. The van der Waals surface area contributed by atoms with Crippen LogP contribution in [0.25, 0.3) is 0 Å². The highest BCUT2D eigenvalue weighted by molar-refractivity contribution is 6.18. The van der Waals surface area contributed by atoms with E-state index in [9.17, 15) is 0 Å². The summed E-state index contributed by atoms with van der Waals surface area (Å²) in [7, 11) is 0. The van der Waals surface area contributed by atoms with Crippen LogP contribution in [0.1, 0.15) is 26.7 Å². The Morgan fingerprint density at radius 3 is 2.50 bits per heavy atom. The lowest BCUT2D eigenvalue weighted by Gasteiger charge is -2.21. The van der Waals surface area contributed by atoms with Crippen LogP contribution in [-0.4, -0.2) is 43.0 Å². The Bertz CT molecular complexity index is 146. The first-order chi connectivity index (χ1) is 6.74. The number of likely N-dealkylation sites (tertiary alicyclic amines) is 1. The highest BCUT2D eigenvalue weighted by atomic mass is 35.5. The number of nitrogens with zero attached hydrogens (tertiary/aromatic N) is 1. The van der Waals surface area contributed by atoms with Gasteiger partial charge in [0.05, 0.1) is 0 Å². The van der Waals surface area contributed by atoms with E-state index >= 15 is 0 Å². The zero-order chi connectivity index (χ0) is 10.4. The monoisotopic (exact) mass is 218 g/mol. The summed E-state index contributed by atoms with van der Waals surface area (Å²) in [5.41, 5.74) is 0. The fourth-order valence-electron chi connectivity index (χ4n) is 1.79. The molecule has 84 valence electrons. The second-order valence-corrected chi connectivity index (χ2v) is 4.73. The van der Waals surface area contributed by atoms with Crippen molar-refractivity contribution in [2.45, 2.75) is 32.7 Å². The maximum atomic E-state index is 5.80. The lowest BCUT2D eigenvalue weighted by Crippen LogP contribution is -2.38. The van der Waals surface area contributed by atoms with Crippen LogP contribution in [0.15, 0.2) is 0 Å². The first-order valence-corrected chi connectivity index (χ1v) is 6.29.